The number of hydrogen-bond acceptors (Lipinski definition) is 8. The molecule has 0 unspecified atom stereocenters. The topological polar surface area (TPSA) is 73.4 Å². The number of benzene rings is 1. The first kappa shape index (κ1) is 20.0. The molecule has 1 aromatic carbocycles. The fourth-order valence-electron chi connectivity index (χ4n) is 4.46. The highest BCUT2D eigenvalue weighted by Gasteiger charge is 2.22. The maximum absolute atomic E-state index is 5.60. The van der Waals surface area contributed by atoms with Gasteiger partial charge < -0.3 is 19.5 Å². The summed E-state index contributed by atoms with van der Waals surface area (Å²) < 4.78 is 6.78. The van der Waals surface area contributed by atoms with Crippen LogP contribution in [0.5, 0.6) is 0 Å². The Hall–Kier alpha value is -2.59. The van der Waals surface area contributed by atoms with Crippen molar-refractivity contribution in [1.82, 2.24) is 29.7 Å². The lowest BCUT2D eigenvalue weighted by Gasteiger charge is -2.31. The number of fused-ring (bicyclic) bond motifs is 2. The number of nitrogens with zero attached hydrogens (tertiary/aromatic N) is 6. The number of aromatic amines is 1. The summed E-state index contributed by atoms with van der Waals surface area (Å²) in [6.07, 6.45) is 1.72. The molecule has 2 fully saturated rings. The molecule has 0 aliphatic carbocycles. The van der Waals surface area contributed by atoms with Crippen molar-refractivity contribution in [3.8, 4) is 11.4 Å². The zero-order valence-electron chi connectivity index (χ0n) is 18.3. The molecular weight excluding hydrogens is 422 g/mol. The molecule has 2 saturated heterocycles. The van der Waals surface area contributed by atoms with Crippen LogP contribution in [-0.4, -0.2) is 89.3 Å². The Balaban J connectivity index is 1.40. The fraction of sp³-hybridized carbons (Fsp3) is 0.435. The molecule has 0 radical (unpaired) electrons. The Morgan fingerprint density at radius 1 is 1.00 bits per heavy atom. The van der Waals surface area contributed by atoms with Gasteiger partial charge in [0.1, 0.15) is 0 Å². The van der Waals surface area contributed by atoms with Gasteiger partial charge in [0.2, 0.25) is 0 Å². The number of morpholine rings is 1. The van der Waals surface area contributed by atoms with Crippen molar-refractivity contribution >= 4 is 38.4 Å². The van der Waals surface area contributed by atoms with E-state index in [2.05, 4.69) is 49.9 Å². The van der Waals surface area contributed by atoms with Crippen LogP contribution < -0.4 is 4.90 Å². The highest BCUT2D eigenvalue weighted by Crippen LogP contribution is 2.35. The molecule has 9 heteroatoms. The zero-order chi connectivity index (χ0) is 21.5. The van der Waals surface area contributed by atoms with Gasteiger partial charge in [-0.05, 0) is 31.3 Å². The van der Waals surface area contributed by atoms with Gasteiger partial charge in [0.25, 0.3) is 0 Å². The van der Waals surface area contributed by atoms with E-state index in [1.807, 2.05) is 17.4 Å². The van der Waals surface area contributed by atoms with E-state index in [0.29, 0.717) is 0 Å². The summed E-state index contributed by atoms with van der Waals surface area (Å²) in [6.45, 7) is 8.65. The molecule has 0 atom stereocenters. The van der Waals surface area contributed by atoms with E-state index in [4.69, 9.17) is 14.7 Å². The van der Waals surface area contributed by atoms with Crippen LogP contribution in [0.2, 0.25) is 0 Å². The van der Waals surface area contributed by atoms with E-state index in [9.17, 15) is 0 Å². The van der Waals surface area contributed by atoms with Crippen LogP contribution in [0, 0.1) is 0 Å². The van der Waals surface area contributed by atoms with Crippen LogP contribution in [0.25, 0.3) is 32.6 Å². The zero-order valence-corrected chi connectivity index (χ0v) is 19.1. The molecule has 0 amide bonds. The van der Waals surface area contributed by atoms with Gasteiger partial charge in [-0.25, -0.2) is 15.0 Å². The highest BCUT2D eigenvalue weighted by molar-refractivity contribution is 7.19. The smallest absolute Gasteiger partial charge is 0.162 e. The number of ether oxygens (including phenoxy) is 1. The van der Waals surface area contributed by atoms with Crippen LogP contribution in [0.4, 0.5) is 5.82 Å². The molecule has 0 saturated carbocycles. The molecule has 0 bridgehead atoms. The summed E-state index contributed by atoms with van der Waals surface area (Å²) in [4.78, 5) is 26.2. The van der Waals surface area contributed by atoms with E-state index in [1.54, 1.807) is 6.33 Å². The van der Waals surface area contributed by atoms with E-state index in [-0.39, 0.29) is 0 Å². The van der Waals surface area contributed by atoms with Gasteiger partial charge >= 0.3 is 0 Å². The monoisotopic (exact) mass is 449 g/mol. The van der Waals surface area contributed by atoms with Crippen molar-refractivity contribution < 1.29 is 4.74 Å². The number of nitrogens with one attached hydrogen (secondary N) is 1. The summed E-state index contributed by atoms with van der Waals surface area (Å²) in [7, 11) is 2.20. The third-order valence-electron chi connectivity index (χ3n) is 6.37. The molecule has 0 spiro atoms. The lowest BCUT2D eigenvalue weighted by atomic mass is 10.2. The SMILES string of the molecule is CN1CCN(Cc2cc3nc(-c4ccc5nc[nH]c5c4)nc(N4CCOCC4)c3s2)CC1. The Morgan fingerprint density at radius 2 is 1.84 bits per heavy atom. The molecule has 3 aromatic heterocycles. The van der Waals surface area contributed by atoms with Gasteiger partial charge in [0, 0.05) is 56.3 Å². The van der Waals surface area contributed by atoms with E-state index >= 15 is 0 Å². The van der Waals surface area contributed by atoms with Crippen molar-refractivity contribution in [3.63, 3.8) is 0 Å². The summed E-state index contributed by atoms with van der Waals surface area (Å²) in [5, 5.41) is 0. The summed E-state index contributed by atoms with van der Waals surface area (Å²) in [6, 6.07) is 8.44. The highest BCUT2D eigenvalue weighted by atomic mass is 32.1. The molecule has 1 N–H and O–H groups in total. The largest absolute Gasteiger partial charge is 0.378 e. The quantitative estimate of drug-likeness (QED) is 0.514. The lowest BCUT2D eigenvalue weighted by molar-refractivity contribution is 0.122. The number of H-pyrrole nitrogens is 1. The van der Waals surface area contributed by atoms with Gasteiger partial charge in [0.15, 0.2) is 11.6 Å². The first-order valence-corrected chi connectivity index (χ1v) is 12.0. The predicted molar refractivity (Wildman–Crippen MR) is 128 cm³/mol. The number of aromatic nitrogens is 4. The summed E-state index contributed by atoms with van der Waals surface area (Å²) in [5.74, 6) is 1.80. The predicted octanol–water partition coefficient (Wildman–Crippen LogP) is 2.82. The minimum atomic E-state index is 0.737. The minimum absolute atomic E-state index is 0.737. The van der Waals surface area contributed by atoms with Gasteiger partial charge in [-0.2, -0.15) is 0 Å². The number of imidazole rings is 1. The third-order valence-corrected chi connectivity index (χ3v) is 7.47. The Morgan fingerprint density at radius 3 is 2.69 bits per heavy atom. The molecular formula is C23H27N7OS. The van der Waals surface area contributed by atoms with E-state index in [0.717, 1.165) is 92.8 Å². The molecule has 6 rings (SSSR count). The molecule has 32 heavy (non-hydrogen) atoms. The minimum Gasteiger partial charge on any atom is -0.378 e. The summed E-state index contributed by atoms with van der Waals surface area (Å²) in [5.41, 5.74) is 3.99. The van der Waals surface area contributed by atoms with Crippen molar-refractivity contribution in [2.75, 3.05) is 64.4 Å². The number of hydrogen-bond donors (Lipinski definition) is 1. The molecule has 2 aliphatic heterocycles. The average Bonchev–Trinajstić information content (AvgIpc) is 3.46. The Labute approximate surface area is 190 Å². The maximum Gasteiger partial charge on any atom is 0.162 e. The van der Waals surface area contributed by atoms with Crippen LogP contribution in [0.1, 0.15) is 4.88 Å². The lowest BCUT2D eigenvalue weighted by Crippen LogP contribution is -2.43. The molecule has 8 nitrogen and oxygen atoms in total. The average molecular weight is 450 g/mol. The van der Waals surface area contributed by atoms with Gasteiger partial charge in [-0.1, -0.05) is 0 Å². The Bertz CT molecular complexity index is 1240. The van der Waals surface area contributed by atoms with Crippen molar-refractivity contribution in [2.24, 2.45) is 0 Å². The fourth-order valence-corrected chi connectivity index (χ4v) is 5.62. The number of piperazine rings is 1. The second-order valence-corrected chi connectivity index (χ2v) is 9.75. The molecule has 4 aromatic rings. The Kier molecular flexibility index (Phi) is 5.26. The van der Waals surface area contributed by atoms with Crippen molar-refractivity contribution in [1.29, 1.82) is 0 Å². The number of rotatable bonds is 4. The van der Waals surface area contributed by atoms with Gasteiger partial charge in [-0.3, -0.25) is 4.90 Å². The molecule has 5 heterocycles. The first-order valence-electron chi connectivity index (χ1n) is 11.2. The van der Waals surface area contributed by atoms with Crippen molar-refractivity contribution in [2.45, 2.75) is 6.54 Å². The van der Waals surface area contributed by atoms with Gasteiger partial charge in [-0.15, -0.1) is 11.3 Å². The van der Waals surface area contributed by atoms with E-state index in [1.165, 1.54) is 9.58 Å². The number of thiophene rings is 1. The maximum atomic E-state index is 5.60. The van der Waals surface area contributed by atoms with Crippen molar-refractivity contribution in [3.05, 3.63) is 35.5 Å². The van der Waals surface area contributed by atoms with Crippen LogP contribution in [0.15, 0.2) is 30.6 Å². The first-order chi connectivity index (χ1) is 15.7. The third kappa shape index (κ3) is 3.86. The van der Waals surface area contributed by atoms with Crippen LogP contribution in [0.3, 0.4) is 0 Å². The summed E-state index contributed by atoms with van der Waals surface area (Å²) >= 11 is 1.84. The molecule has 2 aliphatic rings. The van der Waals surface area contributed by atoms with Gasteiger partial charge in [0.05, 0.1) is 40.8 Å². The van der Waals surface area contributed by atoms with Crippen LogP contribution in [-0.2, 0) is 11.3 Å². The second kappa shape index (κ2) is 8.40. The number of likely N-dealkylation sites (N-methyl/N-ethyl adjacent to an activating group) is 1. The standard InChI is InChI=1S/C23H27N7OS/c1-28-4-6-29(7-5-28)14-17-13-20-21(32-17)23(30-8-10-31-11-9-30)27-22(26-20)16-2-3-18-19(12-16)25-15-24-18/h2-3,12-13,15H,4-11,14H2,1H3,(H,24,25). The number of anilines is 1. The van der Waals surface area contributed by atoms with E-state index < -0.39 is 0 Å². The normalized spacial score (nSPS) is 18.7. The van der Waals surface area contributed by atoms with Crippen LogP contribution >= 0.6 is 11.3 Å². The second-order valence-electron chi connectivity index (χ2n) is 8.61. The molecule has 166 valence electrons.